The van der Waals surface area contributed by atoms with E-state index in [0.717, 1.165) is 31.0 Å². The number of hydrogen-bond donors (Lipinski definition) is 2. The number of nitrogens with one attached hydrogen (secondary N) is 2. The normalized spacial score (nSPS) is 10.5. The van der Waals surface area contributed by atoms with Crippen LogP contribution in [-0.4, -0.2) is 31.1 Å². The molecule has 1 aromatic rings. The van der Waals surface area contributed by atoms with Gasteiger partial charge in [-0.15, -0.1) is 24.0 Å². The first kappa shape index (κ1) is 21.1. The van der Waals surface area contributed by atoms with E-state index in [-0.39, 0.29) is 24.0 Å². The zero-order chi connectivity index (χ0) is 15.3. The van der Waals surface area contributed by atoms with Crippen LogP contribution in [0.2, 0.25) is 0 Å². The zero-order valence-electron chi connectivity index (χ0n) is 13.3. The van der Waals surface area contributed by atoms with Crippen molar-refractivity contribution in [3.8, 4) is 6.07 Å². The Morgan fingerprint density at radius 3 is 2.55 bits per heavy atom. The lowest BCUT2D eigenvalue weighted by Crippen LogP contribution is -2.37. The van der Waals surface area contributed by atoms with E-state index in [9.17, 15) is 0 Å². The third kappa shape index (κ3) is 9.15. The number of aliphatic imine (C=N–C) groups is 1. The van der Waals surface area contributed by atoms with Crippen molar-refractivity contribution in [2.75, 3.05) is 25.1 Å². The molecule has 0 saturated carbocycles. The Bertz CT molecular complexity index is 468. The standard InChI is InChI=1S/C16H24N4S.HI/c1-3-18-16(19-10-4-5-11-21-2)20-13-15-8-6-14(12-17)7-9-15;/h6-9H,3-5,10-11,13H2,1-2H3,(H2,18,19,20);1H. The molecule has 0 aliphatic heterocycles. The highest BCUT2D eigenvalue weighted by Crippen LogP contribution is 2.04. The molecule has 0 aliphatic carbocycles. The second-order valence-corrected chi connectivity index (χ2v) is 5.62. The molecule has 0 radical (unpaired) electrons. The van der Waals surface area contributed by atoms with E-state index in [1.54, 1.807) is 0 Å². The van der Waals surface area contributed by atoms with Crippen LogP contribution in [0.4, 0.5) is 0 Å². The summed E-state index contributed by atoms with van der Waals surface area (Å²) in [4.78, 5) is 4.56. The van der Waals surface area contributed by atoms with Crippen molar-refractivity contribution in [2.24, 2.45) is 4.99 Å². The van der Waals surface area contributed by atoms with Gasteiger partial charge in [0.25, 0.3) is 0 Å². The summed E-state index contributed by atoms with van der Waals surface area (Å²) in [6.45, 7) is 4.47. The second-order valence-electron chi connectivity index (χ2n) is 4.63. The van der Waals surface area contributed by atoms with Gasteiger partial charge in [-0.25, -0.2) is 4.99 Å². The van der Waals surface area contributed by atoms with Crippen molar-refractivity contribution >= 4 is 41.7 Å². The molecule has 0 spiro atoms. The van der Waals surface area contributed by atoms with Crippen LogP contribution >= 0.6 is 35.7 Å². The zero-order valence-corrected chi connectivity index (χ0v) is 16.4. The van der Waals surface area contributed by atoms with Crippen LogP contribution in [0.3, 0.4) is 0 Å². The molecule has 0 saturated heterocycles. The van der Waals surface area contributed by atoms with Crippen molar-refractivity contribution in [1.29, 1.82) is 5.26 Å². The number of hydrogen-bond acceptors (Lipinski definition) is 3. The number of halogens is 1. The van der Waals surface area contributed by atoms with Crippen LogP contribution in [0, 0.1) is 11.3 Å². The van der Waals surface area contributed by atoms with Gasteiger partial charge in [0.15, 0.2) is 5.96 Å². The number of thioether (sulfide) groups is 1. The summed E-state index contributed by atoms with van der Waals surface area (Å²) in [5.74, 6) is 2.06. The summed E-state index contributed by atoms with van der Waals surface area (Å²) in [5, 5.41) is 15.4. The molecular weight excluding hydrogens is 407 g/mol. The van der Waals surface area contributed by atoms with Gasteiger partial charge in [0.2, 0.25) is 0 Å². The highest BCUT2D eigenvalue weighted by molar-refractivity contribution is 14.0. The molecule has 0 heterocycles. The molecule has 4 nitrogen and oxygen atoms in total. The lowest BCUT2D eigenvalue weighted by Gasteiger charge is -2.11. The first-order chi connectivity index (χ1) is 10.3. The van der Waals surface area contributed by atoms with E-state index < -0.39 is 0 Å². The van der Waals surface area contributed by atoms with Gasteiger partial charge < -0.3 is 10.6 Å². The van der Waals surface area contributed by atoms with Crippen LogP contribution in [0.15, 0.2) is 29.3 Å². The maximum atomic E-state index is 8.78. The molecule has 0 atom stereocenters. The molecule has 0 unspecified atom stereocenters. The molecule has 0 bridgehead atoms. The predicted molar refractivity (Wildman–Crippen MR) is 107 cm³/mol. The fourth-order valence-corrected chi connectivity index (χ4v) is 2.27. The Morgan fingerprint density at radius 2 is 1.95 bits per heavy atom. The maximum absolute atomic E-state index is 8.78. The molecule has 0 amide bonds. The number of nitriles is 1. The molecule has 1 rings (SSSR count). The molecule has 0 aliphatic rings. The van der Waals surface area contributed by atoms with Crippen molar-refractivity contribution < 1.29 is 0 Å². The first-order valence-electron chi connectivity index (χ1n) is 7.30. The average molecular weight is 432 g/mol. The Balaban J connectivity index is 0.00000441. The highest BCUT2D eigenvalue weighted by Gasteiger charge is 1.98. The minimum absolute atomic E-state index is 0. The van der Waals surface area contributed by atoms with Crippen molar-refractivity contribution in [1.82, 2.24) is 10.6 Å². The Morgan fingerprint density at radius 1 is 1.23 bits per heavy atom. The van der Waals surface area contributed by atoms with E-state index in [1.807, 2.05) is 36.0 Å². The maximum Gasteiger partial charge on any atom is 0.191 e. The van der Waals surface area contributed by atoms with Gasteiger partial charge in [-0.3, -0.25) is 0 Å². The molecule has 0 aromatic heterocycles. The number of unbranched alkanes of at least 4 members (excludes halogenated alkanes) is 1. The smallest absolute Gasteiger partial charge is 0.191 e. The topological polar surface area (TPSA) is 60.2 Å². The van der Waals surface area contributed by atoms with Gasteiger partial charge in [-0.1, -0.05) is 12.1 Å². The van der Waals surface area contributed by atoms with Gasteiger partial charge in [-0.2, -0.15) is 17.0 Å². The van der Waals surface area contributed by atoms with E-state index in [1.165, 1.54) is 12.2 Å². The lowest BCUT2D eigenvalue weighted by atomic mass is 10.1. The van der Waals surface area contributed by atoms with Crippen LogP contribution in [0.5, 0.6) is 0 Å². The van der Waals surface area contributed by atoms with Crippen LogP contribution < -0.4 is 10.6 Å². The van der Waals surface area contributed by atoms with Crippen molar-refractivity contribution in [2.45, 2.75) is 26.3 Å². The van der Waals surface area contributed by atoms with E-state index in [4.69, 9.17) is 5.26 Å². The number of nitrogens with zero attached hydrogens (tertiary/aromatic N) is 2. The summed E-state index contributed by atoms with van der Waals surface area (Å²) in [6.07, 6.45) is 4.52. The van der Waals surface area contributed by atoms with E-state index in [2.05, 4.69) is 34.9 Å². The number of rotatable bonds is 8. The van der Waals surface area contributed by atoms with Crippen LogP contribution in [0.1, 0.15) is 30.9 Å². The summed E-state index contributed by atoms with van der Waals surface area (Å²) in [5.41, 5.74) is 1.79. The number of benzene rings is 1. The van der Waals surface area contributed by atoms with Crippen molar-refractivity contribution in [3.05, 3.63) is 35.4 Å². The Kier molecular flexibility index (Phi) is 13.1. The molecule has 1 aromatic carbocycles. The molecule has 2 N–H and O–H groups in total. The molecular formula is C16H25IN4S. The summed E-state index contributed by atoms with van der Waals surface area (Å²) < 4.78 is 0. The quantitative estimate of drug-likeness (QED) is 0.286. The molecule has 122 valence electrons. The second kappa shape index (κ2) is 13.7. The van der Waals surface area contributed by atoms with Gasteiger partial charge >= 0.3 is 0 Å². The monoisotopic (exact) mass is 432 g/mol. The van der Waals surface area contributed by atoms with Crippen LogP contribution in [-0.2, 0) is 6.54 Å². The van der Waals surface area contributed by atoms with Gasteiger partial charge in [-0.05, 0) is 49.5 Å². The summed E-state index contributed by atoms with van der Waals surface area (Å²) >= 11 is 1.88. The average Bonchev–Trinajstić information content (AvgIpc) is 2.52. The SMILES string of the molecule is CCNC(=NCc1ccc(C#N)cc1)NCCCCSC.I. The number of guanidine groups is 1. The lowest BCUT2D eigenvalue weighted by molar-refractivity contribution is 0.734. The van der Waals surface area contributed by atoms with E-state index in [0.29, 0.717) is 12.1 Å². The third-order valence-corrected chi connectivity index (χ3v) is 3.61. The predicted octanol–water partition coefficient (Wildman–Crippen LogP) is 3.37. The molecule has 22 heavy (non-hydrogen) atoms. The Labute approximate surface area is 155 Å². The van der Waals surface area contributed by atoms with Gasteiger partial charge in [0.05, 0.1) is 18.2 Å². The molecule has 6 heteroatoms. The van der Waals surface area contributed by atoms with Crippen LogP contribution in [0.25, 0.3) is 0 Å². The largest absolute Gasteiger partial charge is 0.357 e. The fourth-order valence-electron chi connectivity index (χ4n) is 1.77. The summed E-state index contributed by atoms with van der Waals surface area (Å²) in [7, 11) is 0. The van der Waals surface area contributed by atoms with Crippen molar-refractivity contribution in [3.63, 3.8) is 0 Å². The van der Waals surface area contributed by atoms with Gasteiger partial charge in [0, 0.05) is 13.1 Å². The van der Waals surface area contributed by atoms with Gasteiger partial charge in [0.1, 0.15) is 0 Å². The Hall–Kier alpha value is -0.940. The third-order valence-electron chi connectivity index (χ3n) is 2.91. The first-order valence-corrected chi connectivity index (χ1v) is 8.69. The minimum atomic E-state index is 0. The van der Waals surface area contributed by atoms with E-state index >= 15 is 0 Å². The minimum Gasteiger partial charge on any atom is -0.357 e. The fraction of sp³-hybridized carbons (Fsp3) is 0.500. The highest BCUT2D eigenvalue weighted by atomic mass is 127. The molecule has 0 fully saturated rings. The summed E-state index contributed by atoms with van der Waals surface area (Å²) in [6, 6.07) is 9.67.